The Labute approximate surface area is 143 Å². The summed E-state index contributed by atoms with van der Waals surface area (Å²) >= 11 is 0. The number of carbonyl (C=O) groups is 1. The molecular formula is C18H19F3N2O2. The number of ether oxygens (including phenoxy) is 1. The summed E-state index contributed by atoms with van der Waals surface area (Å²) in [6.07, 6.45) is -3.59. The molecule has 4 nitrogen and oxygen atoms in total. The van der Waals surface area contributed by atoms with Crippen molar-refractivity contribution in [3.8, 4) is 5.75 Å². The first kappa shape index (κ1) is 18.6. The number of halogens is 3. The monoisotopic (exact) mass is 352 g/mol. The Balaban J connectivity index is 1.80. The van der Waals surface area contributed by atoms with Crippen LogP contribution in [-0.4, -0.2) is 18.7 Å². The highest BCUT2D eigenvalue weighted by atomic mass is 19.4. The van der Waals surface area contributed by atoms with E-state index in [1.807, 2.05) is 18.2 Å². The zero-order valence-corrected chi connectivity index (χ0v) is 13.5. The van der Waals surface area contributed by atoms with Gasteiger partial charge in [-0.3, -0.25) is 4.79 Å². The van der Waals surface area contributed by atoms with E-state index in [1.54, 1.807) is 18.2 Å². The van der Waals surface area contributed by atoms with Crippen molar-refractivity contribution >= 4 is 11.6 Å². The lowest BCUT2D eigenvalue weighted by Gasteiger charge is -2.11. The highest BCUT2D eigenvalue weighted by Crippen LogP contribution is 2.19. The van der Waals surface area contributed by atoms with Crippen molar-refractivity contribution in [2.45, 2.75) is 25.6 Å². The average Bonchev–Trinajstić information content (AvgIpc) is 2.57. The summed E-state index contributed by atoms with van der Waals surface area (Å²) in [5, 5.41) is 2.73. The van der Waals surface area contributed by atoms with E-state index >= 15 is 0 Å². The number of alkyl halides is 3. The van der Waals surface area contributed by atoms with Crippen LogP contribution in [0.3, 0.4) is 0 Å². The van der Waals surface area contributed by atoms with Gasteiger partial charge in [0, 0.05) is 18.7 Å². The minimum absolute atomic E-state index is 0.112. The fourth-order valence-electron chi connectivity index (χ4n) is 2.21. The van der Waals surface area contributed by atoms with Gasteiger partial charge in [-0.05, 0) is 35.7 Å². The molecule has 2 rings (SSSR count). The Morgan fingerprint density at radius 1 is 1.12 bits per heavy atom. The molecular weight excluding hydrogens is 333 g/mol. The highest BCUT2D eigenvalue weighted by Gasteiger charge is 2.28. The molecule has 7 heteroatoms. The maximum absolute atomic E-state index is 12.2. The Hall–Kier alpha value is -2.70. The van der Waals surface area contributed by atoms with Crippen LogP contribution in [0.2, 0.25) is 0 Å². The van der Waals surface area contributed by atoms with Gasteiger partial charge in [0.1, 0.15) is 5.75 Å². The average molecular weight is 352 g/mol. The molecule has 25 heavy (non-hydrogen) atoms. The molecule has 0 heterocycles. The molecule has 3 N–H and O–H groups in total. The van der Waals surface area contributed by atoms with E-state index in [2.05, 4.69) is 10.1 Å². The van der Waals surface area contributed by atoms with Crippen LogP contribution in [-0.2, 0) is 17.8 Å². The van der Waals surface area contributed by atoms with E-state index in [4.69, 9.17) is 5.73 Å². The summed E-state index contributed by atoms with van der Waals surface area (Å²) in [5.74, 6) is -0.0500. The fraction of sp³-hybridized carbons (Fsp3) is 0.278. The number of hydrogen-bond donors (Lipinski definition) is 2. The Kier molecular flexibility index (Phi) is 6.27. The highest BCUT2D eigenvalue weighted by molar-refractivity contribution is 5.76. The van der Waals surface area contributed by atoms with Crippen LogP contribution < -0.4 is 15.8 Å². The fourth-order valence-corrected chi connectivity index (χ4v) is 2.21. The maximum atomic E-state index is 12.2. The van der Waals surface area contributed by atoms with Gasteiger partial charge in [0.25, 0.3) is 0 Å². The van der Waals surface area contributed by atoms with Gasteiger partial charge < -0.3 is 15.8 Å². The van der Waals surface area contributed by atoms with Crippen molar-refractivity contribution in [3.63, 3.8) is 0 Å². The van der Waals surface area contributed by atoms with Gasteiger partial charge in [0.05, 0.1) is 0 Å². The third kappa shape index (κ3) is 6.74. The summed E-state index contributed by atoms with van der Waals surface area (Å²) < 4.78 is 41.2. The predicted molar refractivity (Wildman–Crippen MR) is 89.0 cm³/mol. The summed E-state index contributed by atoms with van der Waals surface area (Å²) in [7, 11) is 0. The van der Waals surface area contributed by atoms with Gasteiger partial charge >= 0.3 is 6.18 Å². The van der Waals surface area contributed by atoms with Crippen molar-refractivity contribution in [2.75, 3.05) is 12.3 Å². The molecule has 0 atom stereocenters. The molecule has 0 saturated heterocycles. The van der Waals surface area contributed by atoms with Crippen molar-refractivity contribution in [1.82, 2.24) is 5.32 Å². The third-order valence-corrected chi connectivity index (χ3v) is 3.47. The second-order valence-electron chi connectivity index (χ2n) is 5.53. The second kappa shape index (κ2) is 8.41. The number of anilines is 1. The van der Waals surface area contributed by atoms with E-state index in [1.165, 1.54) is 12.1 Å². The lowest BCUT2D eigenvalue weighted by molar-refractivity contribution is -0.153. The van der Waals surface area contributed by atoms with E-state index in [9.17, 15) is 18.0 Å². The van der Waals surface area contributed by atoms with Gasteiger partial charge in [-0.25, -0.2) is 0 Å². The lowest BCUT2D eigenvalue weighted by atomic mass is 10.1. The van der Waals surface area contributed by atoms with Crippen LogP contribution in [0, 0.1) is 0 Å². The number of rotatable bonds is 7. The molecule has 2 aromatic carbocycles. The summed E-state index contributed by atoms with van der Waals surface area (Å²) in [4.78, 5) is 11.9. The predicted octanol–water partition coefficient (Wildman–Crippen LogP) is 3.46. The maximum Gasteiger partial charge on any atom is 0.422 e. The summed E-state index contributed by atoms with van der Waals surface area (Å²) in [6.45, 7) is -1.13. The Morgan fingerprint density at radius 3 is 2.60 bits per heavy atom. The zero-order valence-electron chi connectivity index (χ0n) is 13.5. The Morgan fingerprint density at radius 2 is 1.88 bits per heavy atom. The SMILES string of the molecule is Nc1ccccc1CCC(=O)NCc1cccc(OCC(F)(F)F)c1. The van der Waals surface area contributed by atoms with E-state index < -0.39 is 12.8 Å². The van der Waals surface area contributed by atoms with Crippen LogP contribution >= 0.6 is 0 Å². The number of aryl methyl sites for hydroxylation is 1. The molecule has 0 saturated carbocycles. The smallest absolute Gasteiger partial charge is 0.422 e. The molecule has 0 unspecified atom stereocenters. The number of amides is 1. The molecule has 0 fully saturated rings. The van der Waals surface area contributed by atoms with Crippen LogP contribution in [0.5, 0.6) is 5.75 Å². The van der Waals surface area contributed by atoms with Crippen LogP contribution in [0.15, 0.2) is 48.5 Å². The number of para-hydroxylation sites is 1. The van der Waals surface area contributed by atoms with E-state index in [0.29, 0.717) is 17.7 Å². The molecule has 0 radical (unpaired) electrons. The molecule has 1 amide bonds. The van der Waals surface area contributed by atoms with Crippen molar-refractivity contribution in [2.24, 2.45) is 0 Å². The van der Waals surface area contributed by atoms with Gasteiger partial charge in [-0.15, -0.1) is 0 Å². The number of hydrogen-bond acceptors (Lipinski definition) is 3. The van der Waals surface area contributed by atoms with Crippen molar-refractivity contribution < 1.29 is 22.7 Å². The number of nitrogens with two attached hydrogens (primary N) is 1. The molecule has 0 bridgehead atoms. The molecule has 0 aliphatic carbocycles. The first-order chi connectivity index (χ1) is 11.8. The van der Waals surface area contributed by atoms with Crippen LogP contribution in [0.4, 0.5) is 18.9 Å². The number of carbonyl (C=O) groups excluding carboxylic acids is 1. The van der Waals surface area contributed by atoms with Crippen LogP contribution in [0.25, 0.3) is 0 Å². The number of nitrogen functional groups attached to an aromatic ring is 1. The first-order valence-electron chi connectivity index (χ1n) is 7.72. The zero-order chi connectivity index (χ0) is 18.3. The minimum Gasteiger partial charge on any atom is -0.484 e. The Bertz CT molecular complexity index is 717. The number of benzene rings is 2. The van der Waals surface area contributed by atoms with E-state index in [-0.39, 0.29) is 24.6 Å². The molecule has 0 aromatic heterocycles. The van der Waals surface area contributed by atoms with Crippen LogP contribution in [0.1, 0.15) is 17.5 Å². The standard InChI is InChI=1S/C18H19F3N2O2/c19-18(20,21)12-25-15-6-3-4-13(10-15)11-23-17(24)9-8-14-5-1-2-7-16(14)22/h1-7,10H,8-9,11-12,22H2,(H,23,24). The normalized spacial score (nSPS) is 11.2. The molecule has 134 valence electrons. The summed E-state index contributed by atoms with van der Waals surface area (Å²) in [6, 6.07) is 13.5. The van der Waals surface area contributed by atoms with Gasteiger partial charge in [0.2, 0.25) is 5.91 Å². The minimum atomic E-state index is -4.39. The number of nitrogens with one attached hydrogen (secondary N) is 1. The molecule has 0 aliphatic rings. The topological polar surface area (TPSA) is 64.4 Å². The van der Waals surface area contributed by atoms with Crippen molar-refractivity contribution in [3.05, 3.63) is 59.7 Å². The molecule has 2 aromatic rings. The second-order valence-corrected chi connectivity index (χ2v) is 5.53. The molecule has 0 spiro atoms. The third-order valence-electron chi connectivity index (χ3n) is 3.47. The lowest BCUT2D eigenvalue weighted by Crippen LogP contribution is -2.23. The van der Waals surface area contributed by atoms with E-state index in [0.717, 1.165) is 5.56 Å². The van der Waals surface area contributed by atoms with Gasteiger partial charge in [0.15, 0.2) is 6.61 Å². The van der Waals surface area contributed by atoms with Crippen molar-refractivity contribution in [1.29, 1.82) is 0 Å². The summed E-state index contributed by atoms with van der Waals surface area (Å²) in [5.41, 5.74) is 8.03. The quantitative estimate of drug-likeness (QED) is 0.750. The largest absolute Gasteiger partial charge is 0.484 e. The molecule has 0 aliphatic heterocycles. The van der Waals surface area contributed by atoms with Gasteiger partial charge in [-0.1, -0.05) is 30.3 Å². The van der Waals surface area contributed by atoms with Gasteiger partial charge in [-0.2, -0.15) is 13.2 Å². The first-order valence-corrected chi connectivity index (χ1v) is 7.72.